The van der Waals surface area contributed by atoms with Crippen molar-refractivity contribution in [1.82, 2.24) is 0 Å². The molecule has 1 N–H and O–H groups in total. The number of nitrogens with one attached hydrogen (secondary N) is 1. The highest BCUT2D eigenvalue weighted by Gasteiger charge is 2.19. The van der Waals surface area contributed by atoms with Gasteiger partial charge < -0.3 is 14.8 Å². The number of ether oxygens (including phenoxy) is 2. The molecule has 154 valence electrons. The summed E-state index contributed by atoms with van der Waals surface area (Å²) in [5, 5.41) is 2.85. The van der Waals surface area contributed by atoms with Crippen LogP contribution in [0.15, 0.2) is 72.8 Å². The monoisotopic (exact) mass is 403 g/mol. The number of carbonyl (C=O) groups excluding carboxylic acids is 2. The lowest BCUT2D eigenvalue weighted by molar-refractivity contribution is -0.155. The molecule has 3 aromatic rings. The third-order valence-corrected chi connectivity index (χ3v) is 4.85. The summed E-state index contributed by atoms with van der Waals surface area (Å²) in [4.78, 5) is 24.7. The van der Waals surface area contributed by atoms with E-state index in [0.717, 1.165) is 22.3 Å². The molecule has 1 amide bonds. The molecular weight excluding hydrogens is 378 g/mol. The summed E-state index contributed by atoms with van der Waals surface area (Å²) in [6.45, 7) is 5.18. The van der Waals surface area contributed by atoms with Gasteiger partial charge in [-0.25, -0.2) is 4.79 Å². The molecule has 5 heteroatoms. The van der Waals surface area contributed by atoms with Crippen LogP contribution in [0.1, 0.15) is 18.1 Å². The number of para-hydroxylation sites is 1. The van der Waals surface area contributed by atoms with Crippen LogP contribution < -0.4 is 10.1 Å². The van der Waals surface area contributed by atoms with Crippen molar-refractivity contribution in [3.05, 3.63) is 83.9 Å². The maximum absolute atomic E-state index is 12.6. The number of esters is 1. The maximum atomic E-state index is 12.6. The van der Waals surface area contributed by atoms with E-state index in [9.17, 15) is 9.59 Å². The van der Waals surface area contributed by atoms with Gasteiger partial charge in [0.05, 0.1) is 0 Å². The predicted molar refractivity (Wildman–Crippen MR) is 117 cm³/mol. The first-order valence-electron chi connectivity index (χ1n) is 9.79. The largest absolute Gasteiger partial charge is 0.482 e. The molecule has 0 radical (unpaired) electrons. The molecule has 30 heavy (non-hydrogen) atoms. The van der Waals surface area contributed by atoms with E-state index in [2.05, 4.69) is 5.32 Å². The number of hydrogen-bond acceptors (Lipinski definition) is 4. The first-order valence-corrected chi connectivity index (χ1v) is 9.79. The molecule has 0 saturated carbocycles. The van der Waals surface area contributed by atoms with Crippen molar-refractivity contribution < 1.29 is 19.1 Å². The van der Waals surface area contributed by atoms with Crippen LogP contribution in [0.2, 0.25) is 0 Å². The minimum absolute atomic E-state index is 0.261. The van der Waals surface area contributed by atoms with Crippen LogP contribution in [0.4, 0.5) is 5.69 Å². The summed E-state index contributed by atoms with van der Waals surface area (Å²) in [6, 6.07) is 22.9. The van der Waals surface area contributed by atoms with Crippen LogP contribution in [0.5, 0.6) is 5.75 Å². The van der Waals surface area contributed by atoms with Gasteiger partial charge in [0.15, 0.2) is 12.7 Å². The minimum Gasteiger partial charge on any atom is -0.482 e. The fraction of sp³-hybridized carbons (Fsp3) is 0.200. The zero-order valence-electron chi connectivity index (χ0n) is 17.3. The van der Waals surface area contributed by atoms with Crippen molar-refractivity contribution in [1.29, 1.82) is 0 Å². The lowest BCUT2D eigenvalue weighted by atomic mass is 10.0. The number of amides is 1. The van der Waals surface area contributed by atoms with Crippen molar-refractivity contribution in [2.24, 2.45) is 0 Å². The average molecular weight is 403 g/mol. The lowest BCUT2D eigenvalue weighted by Crippen LogP contribution is -2.31. The Morgan fingerprint density at radius 1 is 0.900 bits per heavy atom. The summed E-state index contributed by atoms with van der Waals surface area (Å²) in [5.74, 6) is -0.380. The second kappa shape index (κ2) is 9.74. The SMILES string of the molecule is Cc1cccc(OCC(=O)O[C@@H](C)C(=O)Nc2ccccc2-c2ccccc2)c1C. The normalized spacial score (nSPS) is 11.4. The van der Waals surface area contributed by atoms with Gasteiger partial charge in [-0.3, -0.25) is 4.79 Å². The zero-order valence-corrected chi connectivity index (χ0v) is 17.3. The number of hydrogen-bond donors (Lipinski definition) is 1. The van der Waals surface area contributed by atoms with Gasteiger partial charge in [0.2, 0.25) is 0 Å². The van der Waals surface area contributed by atoms with Gasteiger partial charge in [-0.05, 0) is 49.6 Å². The molecule has 5 nitrogen and oxygen atoms in total. The van der Waals surface area contributed by atoms with Crippen molar-refractivity contribution >= 4 is 17.6 Å². The number of rotatable bonds is 7. The minimum atomic E-state index is -0.955. The Balaban J connectivity index is 1.59. The Morgan fingerprint density at radius 3 is 2.37 bits per heavy atom. The first kappa shape index (κ1) is 21.1. The maximum Gasteiger partial charge on any atom is 0.344 e. The summed E-state index contributed by atoms with van der Waals surface area (Å²) in [7, 11) is 0. The fourth-order valence-corrected chi connectivity index (χ4v) is 3.00. The van der Waals surface area contributed by atoms with E-state index < -0.39 is 18.0 Å². The molecule has 0 saturated heterocycles. The molecule has 0 aliphatic heterocycles. The molecule has 3 rings (SSSR count). The summed E-state index contributed by atoms with van der Waals surface area (Å²) >= 11 is 0. The number of carbonyl (C=O) groups is 2. The molecular formula is C25H25NO4. The number of anilines is 1. The molecule has 0 aliphatic rings. The van der Waals surface area contributed by atoms with E-state index in [4.69, 9.17) is 9.47 Å². The third kappa shape index (κ3) is 5.26. The molecule has 0 bridgehead atoms. The van der Waals surface area contributed by atoms with E-state index in [1.165, 1.54) is 6.92 Å². The zero-order chi connectivity index (χ0) is 21.5. The molecule has 0 fully saturated rings. The van der Waals surface area contributed by atoms with Gasteiger partial charge in [0.25, 0.3) is 5.91 Å². The van der Waals surface area contributed by atoms with Crippen LogP contribution in [0.25, 0.3) is 11.1 Å². The molecule has 0 aliphatic carbocycles. The second-order valence-corrected chi connectivity index (χ2v) is 7.02. The molecule has 0 unspecified atom stereocenters. The van der Waals surface area contributed by atoms with E-state index >= 15 is 0 Å². The molecule has 3 aromatic carbocycles. The number of aryl methyl sites for hydroxylation is 1. The average Bonchev–Trinajstić information content (AvgIpc) is 2.75. The third-order valence-electron chi connectivity index (χ3n) is 4.85. The Hall–Kier alpha value is -3.60. The van der Waals surface area contributed by atoms with Crippen LogP contribution in [0, 0.1) is 13.8 Å². The van der Waals surface area contributed by atoms with Crippen molar-refractivity contribution in [3.63, 3.8) is 0 Å². The van der Waals surface area contributed by atoms with E-state index in [-0.39, 0.29) is 6.61 Å². The predicted octanol–water partition coefficient (Wildman–Crippen LogP) is 4.92. The Kier molecular flexibility index (Phi) is 6.86. The molecule has 0 heterocycles. The van der Waals surface area contributed by atoms with Gasteiger partial charge in [-0.15, -0.1) is 0 Å². The van der Waals surface area contributed by atoms with E-state index in [1.807, 2.05) is 80.6 Å². The topological polar surface area (TPSA) is 64.6 Å². The van der Waals surface area contributed by atoms with Gasteiger partial charge in [-0.2, -0.15) is 0 Å². The summed E-state index contributed by atoms with van der Waals surface area (Å²) in [5.41, 5.74) is 4.57. The van der Waals surface area contributed by atoms with Crippen LogP contribution in [-0.4, -0.2) is 24.6 Å². The Morgan fingerprint density at radius 2 is 1.60 bits per heavy atom. The Labute approximate surface area is 176 Å². The van der Waals surface area contributed by atoms with Crippen LogP contribution >= 0.6 is 0 Å². The molecule has 0 aromatic heterocycles. The highest BCUT2D eigenvalue weighted by atomic mass is 16.6. The molecule has 1 atom stereocenters. The van der Waals surface area contributed by atoms with E-state index in [1.54, 1.807) is 6.07 Å². The van der Waals surface area contributed by atoms with Crippen LogP contribution in [-0.2, 0) is 14.3 Å². The van der Waals surface area contributed by atoms with Crippen molar-refractivity contribution in [3.8, 4) is 16.9 Å². The number of benzene rings is 3. The van der Waals surface area contributed by atoms with Crippen LogP contribution in [0.3, 0.4) is 0 Å². The van der Waals surface area contributed by atoms with Gasteiger partial charge in [-0.1, -0.05) is 60.7 Å². The Bertz CT molecular complexity index is 1030. The van der Waals surface area contributed by atoms with Gasteiger partial charge >= 0.3 is 5.97 Å². The molecule has 0 spiro atoms. The summed E-state index contributed by atoms with van der Waals surface area (Å²) in [6.07, 6.45) is -0.955. The summed E-state index contributed by atoms with van der Waals surface area (Å²) < 4.78 is 10.8. The quantitative estimate of drug-likeness (QED) is 0.569. The van der Waals surface area contributed by atoms with Crippen molar-refractivity contribution in [2.75, 3.05) is 11.9 Å². The van der Waals surface area contributed by atoms with Gasteiger partial charge in [0.1, 0.15) is 5.75 Å². The first-order chi connectivity index (χ1) is 14.5. The highest BCUT2D eigenvalue weighted by Crippen LogP contribution is 2.27. The van der Waals surface area contributed by atoms with Crippen molar-refractivity contribution in [2.45, 2.75) is 26.9 Å². The van der Waals surface area contributed by atoms with E-state index in [0.29, 0.717) is 11.4 Å². The lowest BCUT2D eigenvalue weighted by Gasteiger charge is -2.16. The smallest absolute Gasteiger partial charge is 0.344 e. The van der Waals surface area contributed by atoms with Gasteiger partial charge in [0, 0.05) is 11.3 Å². The highest BCUT2D eigenvalue weighted by molar-refractivity contribution is 5.98. The second-order valence-electron chi connectivity index (χ2n) is 7.02. The fourth-order valence-electron chi connectivity index (χ4n) is 3.00. The standard InChI is InChI=1S/C25H25NO4/c1-17-10-9-15-23(18(17)2)29-16-24(27)30-19(3)25(28)26-22-14-8-7-13-21(22)20-11-5-4-6-12-20/h4-15,19H,16H2,1-3H3,(H,26,28)/t19-/m0/s1.